The summed E-state index contributed by atoms with van der Waals surface area (Å²) in [6.45, 7) is 9.04. The Balaban J connectivity index is 1.70. The number of carbonyl (C=O) groups is 1. The van der Waals surface area contributed by atoms with Crippen LogP contribution in [0, 0.1) is 0 Å². The molecule has 6 rings (SSSR count). The number of ether oxygens (including phenoxy) is 2. The van der Waals surface area contributed by atoms with E-state index in [4.69, 9.17) is 14.5 Å². The Kier molecular flexibility index (Phi) is 6.29. The molecule has 3 aromatic heterocycles. The zero-order valence-corrected chi connectivity index (χ0v) is 24.6. The summed E-state index contributed by atoms with van der Waals surface area (Å²) in [5.41, 5.74) is 6.54. The third-order valence-electron chi connectivity index (χ3n) is 7.82. The van der Waals surface area contributed by atoms with Crippen LogP contribution in [0.25, 0.3) is 38.9 Å². The van der Waals surface area contributed by atoms with E-state index in [0.717, 1.165) is 57.9 Å². The molecule has 0 spiro atoms. The van der Waals surface area contributed by atoms with E-state index in [-0.39, 0.29) is 11.1 Å². The number of aryl methyl sites for hydroxylation is 3. The molecule has 1 fully saturated rings. The minimum absolute atomic E-state index is 0.0905. The number of hydrogen-bond donors (Lipinski definition) is 0. The molecule has 2 aromatic carbocycles. The number of methoxy groups -OCH3 is 1. The van der Waals surface area contributed by atoms with Crippen LogP contribution in [-0.4, -0.2) is 67.8 Å². The van der Waals surface area contributed by atoms with E-state index in [1.807, 2.05) is 38.5 Å². The number of nitrogens with zero attached hydrogens (tertiary/aromatic N) is 7. The van der Waals surface area contributed by atoms with Crippen molar-refractivity contribution in [2.45, 2.75) is 26.2 Å². The number of anilines is 1. The van der Waals surface area contributed by atoms with Gasteiger partial charge in [0.05, 0.1) is 65.5 Å². The number of benzene rings is 2. The first-order valence-corrected chi connectivity index (χ1v) is 13.7. The average Bonchev–Trinajstić information content (AvgIpc) is 3.63. The summed E-state index contributed by atoms with van der Waals surface area (Å²) in [6, 6.07) is 7.94. The Labute approximate surface area is 237 Å². The highest BCUT2D eigenvalue weighted by Gasteiger charge is 2.28. The summed E-state index contributed by atoms with van der Waals surface area (Å²) in [7, 11) is 6.83. The number of carbonyl (C=O) groups excluding carboxylic acids is 1. The van der Waals surface area contributed by atoms with Crippen LogP contribution in [-0.2, 0) is 36.0 Å². The molecule has 11 heteroatoms. The number of imidazole rings is 2. The molecule has 0 saturated carbocycles. The number of esters is 1. The van der Waals surface area contributed by atoms with E-state index in [9.17, 15) is 9.59 Å². The molecule has 0 aliphatic carbocycles. The maximum atomic E-state index is 13.1. The van der Waals surface area contributed by atoms with Gasteiger partial charge in [-0.25, -0.2) is 14.6 Å². The predicted octanol–water partition coefficient (Wildman–Crippen LogP) is 3.54. The Morgan fingerprint density at radius 1 is 1.00 bits per heavy atom. The topological polar surface area (TPSA) is 101 Å². The summed E-state index contributed by atoms with van der Waals surface area (Å²) in [5, 5.41) is 4.30. The highest BCUT2D eigenvalue weighted by atomic mass is 16.5. The van der Waals surface area contributed by atoms with E-state index in [1.165, 1.54) is 7.11 Å². The molecule has 5 aromatic rings. The normalized spacial score (nSPS) is 14.4. The third kappa shape index (κ3) is 4.31. The van der Waals surface area contributed by atoms with Crippen molar-refractivity contribution in [3.63, 3.8) is 0 Å². The molecule has 1 aliphatic heterocycles. The summed E-state index contributed by atoms with van der Waals surface area (Å²) >= 11 is 0. The summed E-state index contributed by atoms with van der Waals surface area (Å²) < 4.78 is 18.0. The van der Waals surface area contributed by atoms with Crippen LogP contribution in [0.1, 0.15) is 37.0 Å². The molecule has 0 bridgehead atoms. The first-order chi connectivity index (χ1) is 19.5. The molecule has 0 unspecified atom stereocenters. The molecular formula is C30H35N7O4. The fourth-order valence-corrected chi connectivity index (χ4v) is 5.75. The van der Waals surface area contributed by atoms with Gasteiger partial charge in [-0.3, -0.25) is 18.4 Å². The van der Waals surface area contributed by atoms with Crippen LogP contribution in [0.15, 0.2) is 41.5 Å². The Morgan fingerprint density at radius 3 is 2.37 bits per heavy atom. The second kappa shape index (κ2) is 9.62. The molecule has 214 valence electrons. The van der Waals surface area contributed by atoms with Gasteiger partial charge in [-0.2, -0.15) is 5.10 Å². The molecule has 0 atom stereocenters. The third-order valence-corrected chi connectivity index (χ3v) is 7.82. The quantitative estimate of drug-likeness (QED) is 0.312. The standard InChI is InChI=1S/C30H35N7O4/c1-30(2,3)28-32-22-14-20(18-16-31-33(4)17-18)21(27(38)40-7)15-23(22)37(28)19-12-24-26(35(6)29(39)34(24)5)25(13-19)36-8-10-41-11-9-36/h12-17H,8-11H2,1-7H3. The first kappa shape index (κ1) is 26.8. The molecular weight excluding hydrogens is 522 g/mol. The van der Waals surface area contributed by atoms with Crippen LogP contribution >= 0.6 is 0 Å². The van der Waals surface area contributed by atoms with Crippen LogP contribution in [0.5, 0.6) is 0 Å². The highest BCUT2D eigenvalue weighted by Crippen LogP contribution is 2.37. The number of aromatic nitrogens is 6. The van der Waals surface area contributed by atoms with Crippen molar-refractivity contribution in [2.24, 2.45) is 21.1 Å². The molecule has 1 saturated heterocycles. The zero-order valence-electron chi connectivity index (χ0n) is 24.6. The minimum atomic E-state index is -0.439. The fraction of sp³-hybridized carbons (Fsp3) is 0.400. The van der Waals surface area contributed by atoms with Crippen molar-refractivity contribution in [1.29, 1.82) is 0 Å². The van der Waals surface area contributed by atoms with Crippen molar-refractivity contribution in [3.8, 4) is 16.8 Å². The molecule has 0 N–H and O–H groups in total. The molecule has 0 radical (unpaired) electrons. The van der Waals surface area contributed by atoms with Crippen LogP contribution in [0.4, 0.5) is 5.69 Å². The number of morpholine rings is 1. The van der Waals surface area contributed by atoms with E-state index in [1.54, 1.807) is 27.1 Å². The van der Waals surface area contributed by atoms with Crippen LogP contribution in [0.2, 0.25) is 0 Å². The Morgan fingerprint density at radius 2 is 1.73 bits per heavy atom. The van der Waals surface area contributed by atoms with Gasteiger partial charge in [0.25, 0.3) is 0 Å². The summed E-state index contributed by atoms with van der Waals surface area (Å²) in [5.74, 6) is 0.394. The van der Waals surface area contributed by atoms with E-state index in [0.29, 0.717) is 24.3 Å². The first-order valence-electron chi connectivity index (χ1n) is 13.7. The van der Waals surface area contributed by atoms with Gasteiger partial charge in [-0.1, -0.05) is 20.8 Å². The van der Waals surface area contributed by atoms with E-state index < -0.39 is 5.97 Å². The van der Waals surface area contributed by atoms with Crippen molar-refractivity contribution in [1.82, 2.24) is 28.5 Å². The predicted molar refractivity (Wildman–Crippen MR) is 158 cm³/mol. The second-order valence-electron chi connectivity index (χ2n) is 11.6. The maximum Gasteiger partial charge on any atom is 0.338 e. The Bertz CT molecular complexity index is 1880. The second-order valence-corrected chi connectivity index (χ2v) is 11.6. The smallest absolute Gasteiger partial charge is 0.338 e. The van der Waals surface area contributed by atoms with Crippen molar-refractivity contribution in [3.05, 3.63) is 58.5 Å². The van der Waals surface area contributed by atoms with Gasteiger partial charge in [0.15, 0.2) is 0 Å². The van der Waals surface area contributed by atoms with Crippen molar-refractivity contribution < 1.29 is 14.3 Å². The van der Waals surface area contributed by atoms with Gasteiger partial charge >= 0.3 is 11.7 Å². The van der Waals surface area contributed by atoms with Gasteiger partial charge in [0, 0.05) is 57.0 Å². The van der Waals surface area contributed by atoms with Crippen molar-refractivity contribution >= 4 is 33.7 Å². The van der Waals surface area contributed by atoms with Gasteiger partial charge < -0.3 is 14.4 Å². The lowest BCUT2D eigenvalue weighted by atomic mass is 9.95. The molecule has 11 nitrogen and oxygen atoms in total. The summed E-state index contributed by atoms with van der Waals surface area (Å²) in [4.78, 5) is 33.6. The molecule has 41 heavy (non-hydrogen) atoms. The maximum absolute atomic E-state index is 13.1. The number of hydrogen-bond acceptors (Lipinski definition) is 7. The Hall–Kier alpha value is -4.38. The zero-order chi connectivity index (χ0) is 29.2. The average molecular weight is 558 g/mol. The minimum Gasteiger partial charge on any atom is -0.465 e. The monoisotopic (exact) mass is 557 g/mol. The van der Waals surface area contributed by atoms with Crippen LogP contribution in [0.3, 0.4) is 0 Å². The van der Waals surface area contributed by atoms with Gasteiger partial charge in [-0.05, 0) is 24.3 Å². The number of fused-ring (bicyclic) bond motifs is 2. The lowest BCUT2D eigenvalue weighted by molar-refractivity contribution is 0.0601. The van der Waals surface area contributed by atoms with Gasteiger partial charge in [-0.15, -0.1) is 0 Å². The lowest BCUT2D eigenvalue weighted by Gasteiger charge is -2.30. The van der Waals surface area contributed by atoms with E-state index >= 15 is 0 Å². The lowest BCUT2D eigenvalue weighted by Crippen LogP contribution is -2.36. The van der Waals surface area contributed by atoms with Gasteiger partial charge in [0.2, 0.25) is 0 Å². The highest BCUT2D eigenvalue weighted by molar-refractivity contribution is 6.02. The van der Waals surface area contributed by atoms with Crippen molar-refractivity contribution in [2.75, 3.05) is 38.3 Å². The molecule has 0 amide bonds. The molecule has 4 heterocycles. The fourth-order valence-electron chi connectivity index (χ4n) is 5.75. The SMILES string of the molecule is COC(=O)c1cc2c(cc1-c1cnn(C)c1)nc(C(C)(C)C)n2-c1cc(N2CCOCC2)c2c(c1)n(C)c(=O)n2C. The summed E-state index contributed by atoms with van der Waals surface area (Å²) in [6.07, 6.45) is 3.60. The number of rotatable bonds is 4. The van der Waals surface area contributed by atoms with Crippen LogP contribution < -0.4 is 10.6 Å². The van der Waals surface area contributed by atoms with Gasteiger partial charge in [0.1, 0.15) is 5.82 Å². The molecule has 1 aliphatic rings. The van der Waals surface area contributed by atoms with E-state index in [2.05, 4.69) is 41.4 Å². The largest absolute Gasteiger partial charge is 0.465 e.